The van der Waals surface area contributed by atoms with Gasteiger partial charge in [0.1, 0.15) is 6.33 Å². The molecule has 0 bridgehead atoms. The number of ether oxygens (including phenoxy) is 1. The van der Waals surface area contributed by atoms with E-state index in [2.05, 4.69) is 15.0 Å². The number of fused-ring (bicyclic) bond motifs is 1. The molecule has 3 aromatic rings. The molecule has 0 radical (unpaired) electrons. The van der Waals surface area contributed by atoms with Crippen molar-refractivity contribution in [2.24, 2.45) is 0 Å². The molecule has 108 valence electrons. The van der Waals surface area contributed by atoms with Crippen LogP contribution >= 0.6 is 34.8 Å². The molecule has 3 rings (SSSR count). The fraction of sp³-hybridized carbons (Fsp3) is 0.0833. The number of imidazole rings is 1. The molecule has 0 atom stereocenters. The van der Waals surface area contributed by atoms with Crippen LogP contribution in [0, 0.1) is 0 Å². The van der Waals surface area contributed by atoms with Crippen LogP contribution in [0.3, 0.4) is 0 Å². The summed E-state index contributed by atoms with van der Waals surface area (Å²) in [4.78, 5) is 12.4. The van der Waals surface area contributed by atoms with Gasteiger partial charge in [-0.25, -0.2) is 9.97 Å². The first-order valence-electron chi connectivity index (χ1n) is 5.70. The Hall–Kier alpha value is -1.76. The monoisotopic (exact) mass is 343 g/mol. The summed E-state index contributed by atoms with van der Waals surface area (Å²) in [6.45, 7) is 0. The number of nitrogen functional groups attached to an aromatic ring is 1. The number of hydrogen-bond donors (Lipinski definition) is 1. The Kier molecular flexibility index (Phi) is 3.52. The zero-order chi connectivity index (χ0) is 15.1. The molecule has 2 N–H and O–H groups in total. The van der Waals surface area contributed by atoms with E-state index in [-0.39, 0.29) is 5.95 Å². The summed E-state index contributed by atoms with van der Waals surface area (Å²) in [6.07, 6.45) is 1.35. The van der Waals surface area contributed by atoms with Gasteiger partial charge >= 0.3 is 0 Å². The van der Waals surface area contributed by atoms with Gasteiger partial charge in [-0.3, -0.25) is 4.57 Å². The van der Waals surface area contributed by atoms with E-state index >= 15 is 0 Å². The second-order valence-electron chi connectivity index (χ2n) is 4.08. The third kappa shape index (κ3) is 2.25. The molecular weight excluding hydrogens is 337 g/mol. The summed E-state index contributed by atoms with van der Waals surface area (Å²) in [5.41, 5.74) is 7.37. The predicted octanol–water partition coefficient (Wildman–Crippen LogP) is 3.37. The summed E-state index contributed by atoms with van der Waals surface area (Å²) in [5.74, 6) is 0.505. The highest BCUT2D eigenvalue weighted by Crippen LogP contribution is 2.34. The Morgan fingerprint density at radius 2 is 1.81 bits per heavy atom. The van der Waals surface area contributed by atoms with E-state index in [1.807, 2.05) is 0 Å². The van der Waals surface area contributed by atoms with Crippen molar-refractivity contribution in [3.05, 3.63) is 33.5 Å². The largest absolute Gasteiger partial charge is 0.479 e. The van der Waals surface area contributed by atoms with Crippen LogP contribution in [0.15, 0.2) is 18.5 Å². The standard InChI is InChI=1S/C12H8Cl3N5O/c1-21-11-9-10(17-4-18-11)20(12(16)19-9)8-3-6(14)5(13)2-7(8)15/h2-4H,1H3,(H2,16,19). The molecule has 6 nitrogen and oxygen atoms in total. The molecule has 0 aliphatic carbocycles. The number of nitrogens with zero attached hydrogens (tertiary/aromatic N) is 4. The third-order valence-electron chi connectivity index (χ3n) is 2.86. The molecule has 0 unspecified atom stereocenters. The first-order chi connectivity index (χ1) is 10.0. The Bertz CT molecular complexity index is 849. The van der Waals surface area contributed by atoms with Crippen molar-refractivity contribution < 1.29 is 4.74 Å². The SMILES string of the molecule is COc1ncnc2c1nc(N)n2-c1cc(Cl)c(Cl)cc1Cl. The van der Waals surface area contributed by atoms with Gasteiger partial charge in [-0.05, 0) is 12.1 Å². The lowest BCUT2D eigenvalue weighted by molar-refractivity contribution is 0.401. The van der Waals surface area contributed by atoms with Crippen LogP contribution in [-0.2, 0) is 0 Å². The summed E-state index contributed by atoms with van der Waals surface area (Å²) < 4.78 is 6.70. The van der Waals surface area contributed by atoms with Gasteiger partial charge in [0.15, 0.2) is 11.2 Å². The van der Waals surface area contributed by atoms with E-state index in [0.717, 1.165) is 0 Å². The normalized spacial score (nSPS) is 11.0. The zero-order valence-corrected chi connectivity index (χ0v) is 12.9. The van der Waals surface area contributed by atoms with Crippen LogP contribution in [0.2, 0.25) is 15.1 Å². The highest BCUT2D eigenvalue weighted by atomic mass is 35.5. The molecule has 0 saturated heterocycles. The summed E-state index contributed by atoms with van der Waals surface area (Å²) in [5, 5.41) is 1.06. The second-order valence-corrected chi connectivity index (χ2v) is 5.30. The summed E-state index contributed by atoms with van der Waals surface area (Å²) in [7, 11) is 1.49. The maximum atomic E-state index is 6.22. The topological polar surface area (TPSA) is 78.8 Å². The number of halogens is 3. The van der Waals surface area contributed by atoms with E-state index in [9.17, 15) is 0 Å². The molecule has 2 heterocycles. The van der Waals surface area contributed by atoms with E-state index in [0.29, 0.717) is 37.8 Å². The number of methoxy groups -OCH3 is 1. The van der Waals surface area contributed by atoms with Gasteiger partial charge in [-0.15, -0.1) is 0 Å². The van der Waals surface area contributed by atoms with Gasteiger partial charge in [-0.1, -0.05) is 34.8 Å². The smallest absolute Gasteiger partial charge is 0.245 e. The highest BCUT2D eigenvalue weighted by molar-refractivity contribution is 6.43. The maximum absolute atomic E-state index is 6.22. The molecular formula is C12H8Cl3N5O. The van der Waals surface area contributed by atoms with Crippen LogP contribution in [-0.4, -0.2) is 26.6 Å². The van der Waals surface area contributed by atoms with Crippen LogP contribution in [0.5, 0.6) is 5.88 Å². The lowest BCUT2D eigenvalue weighted by Crippen LogP contribution is -2.02. The molecule has 0 fully saturated rings. The van der Waals surface area contributed by atoms with Crippen molar-refractivity contribution in [3.8, 4) is 11.6 Å². The Labute approximate surface area is 134 Å². The van der Waals surface area contributed by atoms with Gasteiger partial charge < -0.3 is 10.5 Å². The average Bonchev–Trinajstić information content (AvgIpc) is 2.79. The van der Waals surface area contributed by atoms with Gasteiger partial charge in [0.2, 0.25) is 11.8 Å². The predicted molar refractivity (Wildman–Crippen MR) is 82.7 cm³/mol. The van der Waals surface area contributed by atoms with Gasteiger partial charge in [0, 0.05) is 0 Å². The minimum absolute atomic E-state index is 0.184. The van der Waals surface area contributed by atoms with Gasteiger partial charge in [0.05, 0.1) is 27.9 Å². The molecule has 0 aliphatic heterocycles. The van der Waals surface area contributed by atoms with Gasteiger partial charge in [0.25, 0.3) is 0 Å². The van der Waals surface area contributed by atoms with Crippen molar-refractivity contribution in [2.45, 2.75) is 0 Å². The lowest BCUT2D eigenvalue weighted by Gasteiger charge is -2.09. The Morgan fingerprint density at radius 1 is 1.10 bits per heavy atom. The van der Waals surface area contributed by atoms with E-state index in [4.69, 9.17) is 45.3 Å². The van der Waals surface area contributed by atoms with Crippen LogP contribution < -0.4 is 10.5 Å². The zero-order valence-electron chi connectivity index (χ0n) is 10.6. The van der Waals surface area contributed by atoms with Crippen molar-refractivity contribution in [2.75, 3.05) is 12.8 Å². The number of hydrogen-bond acceptors (Lipinski definition) is 5. The Balaban J connectivity index is 2.36. The summed E-state index contributed by atoms with van der Waals surface area (Å²) >= 11 is 18.2. The van der Waals surface area contributed by atoms with E-state index in [1.54, 1.807) is 10.6 Å². The fourth-order valence-corrected chi connectivity index (χ4v) is 2.58. The molecule has 0 spiro atoms. The van der Waals surface area contributed by atoms with Crippen molar-refractivity contribution >= 4 is 51.9 Å². The number of aromatic nitrogens is 4. The van der Waals surface area contributed by atoms with Gasteiger partial charge in [-0.2, -0.15) is 4.98 Å². The molecule has 0 aliphatic rings. The summed E-state index contributed by atoms with van der Waals surface area (Å²) in [6, 6.07) is 3.13. The molecule has 9 heteroatoms. The van der Waals surface area contributed by atoms with Crippen LogP contribution in [0.1, 0.15) is 0 Å². The van der Waals surface area contributed by atoms with Crippen molar-refractivity contribution in [1.82, 2.24) is 19.5 Å². The number of anilines is 1. The van der Waals surface area contributed by atoms with E-state index < -0.39 is 0 Å². The first kappa shape index (κ1) is 14.2. The maximum Gasteiger partial charge on any atom is 0.245 e. The Morgan fingerprint density at radius 3 is 2.52 bits per heavy atom. The molecule has 21 heavy (non-hydrogen) atoms. The van der Waals surface area contributed by atoms with Crippen molar-refractivity contribution in [1.29, 1.82) is 0 Å². The van der Waals surface area contributed by atoms with E-state index in [1.165, 1.54) is 19.5 Å². The molecule has 0 saturated carbocycles. The van der Waals surface area contributed by atoms with Crippen LogP contribution in [0.25, 0.3) is 16.9 Å². The number of rotatable bonds is 2. The molecule has 2 aromatic heterocycles. The third-order valence-corrected chi connectivity index (χ3v) is 3.89. The number of benzene rings is 1. The molecule has 1 aromatic carbocycles. The average molecular weight is 345 g/mol. The molecule has 0 amide bonds. The highest BCUT2D eigenvalue weighted by Gasteiger charge is 2.18. The quantitative estimate of drug-likeness (QED) is 0.721. The minimum Gasteiger partial charge on any atom is -0.479 e. The van der Waals surface area contributed by atoms with Crippen LogP contribution in [0.4, 0.5) is 5.95 Å². The fourth-order valence-electron chi connectivity index (χ4n) is 1.96. The lowest BCUT2D eigenvalue weighted by atomic mass is 10.3. The van der Waals surface area contributed by atoms with Crippen molar-refractivity contribution in [3.63, 3.8) is 0 Å². The minimum atomic E-state index is 0.184. The second kappa shape index (κ2) is 5.22. The first-order valence-corrected chi connectivity index (χ1v) is 6.84. The number of nitrogens with two attached hydrogens (primary N) is 1.